The Bertz CT molecular complexity index is 1430. The number of halogens is 1. The second-order valence-corrected chi connectivity index (χ2v) is 12.3. The largest absolute Gasteiger partial charge is 0.497 e. The molecule has 0 unspecified atom stereocenters. The molecule has 1 atom stereocenters. The molecule has 0 heterocycles. The normalized spacial score (nSPS) is 12.1. The van der Waals surface area contributed by atoms with Crippen LogP contribution in [0.25, 0.3) is 0 Å². The van der Waals surface area contributed by atoms with Gasteiger partial charge >= 0.3 is 0 Å². The van der Waals surface area contributed by atoms with Crippen molar-refractivity contribution in [3.63, 3.8) is 0 Å². The number of rotatable bonds is 12. The fraction of sp³-hybridized carbons (Fsp3) is 0.333. The first-order valence-corrected chi connectivity index (χ1v) is 14.8. The predicted molar refractivity (Wildman–Crippen MR) is 158 cm³/mol. The number of nitrogens with one attached hydrogen (secondary N) is 1. The maximum atomic E-state index is 14.0. The highest BCUT2D eigenvalue weighted by molar-refractivity contribution is 7.92. The van der Waals surface area contributed by atoms with Gasteiger partial charge in [0, 0.05) is 18.1 Å². The summed E-state index contributed by atoms with van der Waals surface area (Å²) >= 11 is 6.21. The molecule has 3 rings (SSSR count). The quantitative estimate of drug-likeness (QED) is 0.321. The molecule has 0 aromatic heterocycles. The molecule has 3 aromatic rings. The highest BCUT2D eigenvalue weighted by atomic mass is 35.5. The van der Waals surface area contributed by atoms with Gasteiger partial charge in [0.15, 0.2) is 0 Å². The van der Waals surface area contributed by atoms with Crippen LogP contribution in [0.2, 0.25) is 5.02 Å². The van der Waals surface area contributed by atoms with Gasteiger partial charge in [-0.1, -0.05) is 61.3 Å². The molecule has 0 aliphatic rings. The van der Waals surface area contributed by atoms with Crippen molar-refractivity contribution in [3.8, 4) is 5.75 Å². The van der Waals surface area contributed by atoms with Crippen molar-refractivity contribution < 1.29 is 22.7 Å². The number of hydrogen-bond donors (Lipinski definition) is 1. The molecule has 0 saturated heterocycles. The Hall–Kier alpha value is -3.56. The van der Waals surface area contributed by atoms with Crippen LogP contribution >= 0.6 is 11.6 Å². The molecular weight excluding hydrogens is 550 g/mol. The number of sulfonamides is 1. The van der Waals surface area contributed by atoms with Gasteiger partial charge in [-0.15, -0.1) is 0 Å². The van der Waals surface area contributed by atoms with Crippen molar-refractivity contribution in [2.45, 2.75) is 45.2 Å². The number of hydrogen-bond acceptors (Lipinski definition) is 5. The number of methoxy groups -OCH3 is 1. The molecule has 8 nitrogen and oxygen atoms in total. The van der Waals surface area contributed by atoms with Gasteiger partial charge in [-0.3, -0.25) is 13.9 Å². The Balaban J connectivity index is 2.02. The lowest BCUT2D eigenvalue weighted by Gasteiger charge is -2.32. The Morgan fingerprint density at radius 1 is 0.975 bits per heavy atom. The van der Waals surface area contributed by atoms with Gasteiger partial charge in [0.05, 0.1) is 17.7 Å². The lowest BCUT2D eigenvalue weighted by Crippen LogP contribution is -2.51. The highest BCUT2D eigenvalue weighted by Crippen LogP contribution is 2.28. The molecule has 3 aromatic carbocycles. The summed E-state index contributed by atoms with van der Waals surface area (Å²) in [6.45, 7) is 7.59. The number of ether oxygens (including phenoxy) is 1. The zero-order valence-electron chi connectivity index (χ0n) is 23.4. The van der Waals surface area contributed by atoms with E-state index in [4.69, 9.17) is 16.3 Å². The van der Waals surface area contributed by atoms with Crippen LogP contribution in [0.1, 0.15) is 31.9 Å². The van der Waals surface area contributed by atoms with Crippen molar-refractivity contribution in [1.82, 2.24) is 10.2 Å². The van der Waals surface area contributed by atoms with E-state index in [1.54, 1.807) is 25.1 Å². The summed E-state index contributed by atoms with van der Waals surface area (Å²) in [4.78, 5) is 28.4. The Morgan fingerprint density at radius 3 is 2.25 bits per heavy atom. The van der Waals surface area contributed by atoms with Crippen LogP contribution in [0.3, 0.4) is 0 Å². The molecule has 214 valence electrons. The number of anilines is 1. The van der Waals surface area contributed by atoms with Gasteiger partial charge in [0.2, 0.25) is 11.8 Å². The molecule has 0 bridgehead atoms. The molecule has 1 N–H and O–H groups in total. The second kappa shape index (κ2) is 13.7. The van der Waals surface area contributed by atoms with E-state index >= 15 is 0 Å². The summed E-state index contributed by atoms with van der Waals surface area (Å²) in [5, 5.41) is 3.20. The Kier molecular flexibility index (Phi) is 10.6. The zero-order valence-corrected chi connectivity index (χ0v) is 25.0. The third-order valence-electron chi connectivity index (χ3n) is 6.31. The van der Waals surface area contributed by atoms with Crippen LogP contribution in [0.4, 0.5) is 5.69 Å². The van der Waals surface area contributed by atoms with Crippen molar-refractivity contribution in [1.29, 1.82) is 0 Å². The van der Waals surface area contributed by atoms with E-state index in [2.05, 4.69) is 5.32 Å². The van der Waals surface area contributed by atoms with E-state index in [0.29, 0.717) is 17.3 Å². The van der Waals surface area contributed by atoms with Crippen LogP contribution in [0.5, 0.6) is 5.75 Å². The van der Waals surface area contributed by atoms with Crippen LogP contribution < -0.4 is 14.4 Å². The summed E-state index contributed by atoms with van der Waals surface area (Å²) < 4.78 is 33.9. The molecule has 10 heteroatoms. The number of amides is 2. The molecule has 0 radical (unpaired) electrons. The van der Waals surface area contributed by atoms with Crippen LogP contribution in [-0.2, 0) is 26.2 Å². The SMILES string of the molecule is COc1ccc(S(=O)(=O)N(CC(=O)N(Cc2cccc(C)c2)[C@@H](C)C(=O)NCC(C)C)c2cccc(Cl)c2)cc1. The molecule has 0 aliphatic heterocycles. The maximum Gasteiger partial charge on any atom is 0.264 e. The Labute approximate surface area is 241 Å². The van der Waals surface area contributed by atoms with E-state index in [1.165, 1.54) is 42.3 Å². The summed E-state index contributed by atoms with van der Waals surface area (Å²) in [7, 11) is -2.71. The van der Waals surface area contributed by atoms with Crippen LogP contribution in [0, 0.1) is 12.8 Å². The first-order valence-electron chi connectivity index (χ1n) is 13.0. The summed E-state index contributed by atoms with van der Waals surface area (Å²) in [6.07, 6.45) is 0. The summed E-state index contributed by atoms with van der Waals surface area (Å²) in [5.41, 5.74) is 2.05. The zero-order chi connectivity index (χ0) is 29.4. The Morgan fingerprint density at radius 2 is 1.65 bits per heavy atom. The van der Waals surface area contributed by atoms with Crippen molar-refractivity contribution >= 4 is 39.1 Å². The van der Waals surface area contributed by atoms with E-state index in [1.807, 2.05) is 45.0 Å². The number of nitrogens with zero attached hydrogens (tertiary/aromatic N) is 2. The third kappa shape index (κ3) is 7.99. The second-order valence-electron chi connectivity index (χ2n) is 9.99. The van der Waals surface area contributed by atoms with E-state index in [0.717, 1.165) is 15.4 Å². The van der Waals surface area contributed by atoms with Gasteiger partial charge in [-0.25, -0.2) is 8.42 Å². The fourth-order valence-corrected chi connectivity index (χ4v) is 5.67. The van der Waals surface area contributed by atoms with E-state index in [-0.39, 0.29) is 29.0 Å². The molecule has 40 heavy (non-hydrogen) atoms. The summed E-state index contributed by atoms with van der Waals surface area (Å²) in [5.74, 6) is -0.132. The lowest BCUT2D eigenvalue weighted by atomic mass is 10.1. The molecule has 2 amide bonds. The first kappa shape index (κ1) is 31.0. The fourth-order valence-electron chi connectivity index (χ4n) is 4.08. The molecule has 0 saturated carbocycles. The maximum absolute atomic E-state index is 14.0. The average Bonchev–Trinajstić information content (AvgIpc) is 2.92. The van der Waals surface area contributed by atoms with Gasteiger partial charge in [-0.2, -0.15) is 0 Å². The number of benzene rings is 3. The molecule has 0 fully saturated rings. The number of carbonyl (C=O) groups is 2. The molecule has 0 spiro atoms. The minimum Gasteiger partial charge on any atom is -0.497 e. The standard InChI is InChI=1S/C30H36ClN3O5S/c1-21(2)18-32-30(36)23(4)33(19-24-9-6-8-22(3)16-24)29(35)20-34(26-11-7-10-25(31)17-26)40(37,38)28-14-12-27(39-5)13-15-28/h6-17,21,23H,18-20H2,1-5H3,(H,32,36)/t23-/m0/s1. The monoisotopic (exact) mass is 585 g/mol. The van der Waals surface area contributed by atoms with Crippen molar-refractivity contribution in [3.05, 3.63) is 88.9 Å². The van der Waals surface area contributed by atoms with E-state index in [9.17, 15) is 18.0 Å². The lowest BCUT2D eigenvalue weighted by molar-refractivity contribution is -0.139. The molecular formula is C30H36ClN3O5S. The van der Waals surface area contributed by atoms with Crippen LogP contribution in [-0.4, -0.2) is 51.4 Å². The van der Waals surface area contributed by atoms with Gasteiger partial charge in [0.1, 0.15) is 18.3 Å². The van der Waals surface area contributed by atoms with E-state index < -0.39 is 28.5 Å². The number of carbonyl (C=O) groups excluding carboxylic acids is 2. The van der Waals surface area contributed by atoms with Gasteiger partial charge in [0.25, 0.3) is 10.0 Å². The number of aryl methyl sites for hydroxylation is 1. The van der Waals surface area contributed by atoms with Crippen LogP contribution in [0.15, 0.2) is 77.7 Å². The predicted octanol–water partition coefficient (Wildman–Crippen LogP) is 5.04. The average molecular weight is 586 g/mol. The smallest absolute Gasteiger partial charge is 0.264 e. The summed E-state index contributed by atoms with van der Waals surface area (Å²) in [6, 6.07) is 19.0. The topological polar surface area (TPSA) is 96.0 Å². The molecule has 0 aliphatic carbocycles. The minimum absolute atomic E-state index is 0.0194. The van der Waals surface area contributed by atoms with Crippen molar-refractivity contribution in [2.24, 2.45) is 5.92 Å². The minimum atomic E-state index is -4.20. The first-order chi connectivity index (χ1) is 18.9. The van der Waals surface area contributed by atoms with Crippen molar-refractivity contribution in [2.75, 3.05) is 24.5 Å². The van der Waals surface area contributed by atoms with Gasteiger partial charge < -0.3 is 15.0 Å². The van der Waals surface area contributed by atoms with Gasteiger partial charge in [-0.05, 0) is 67.8 Å². The highest BCUT2D eigenvalue weighted by Gasteiger charge is 2.32. The third-order valence-corrected chi connectivity index (χ3v) is 8.33.